The highest BCUT2D eigenvalue weighted by Crippen LogP contribution is 2.18. The zero-order valence-corrected chi connectivity index (χ0v) is 38.2. The second kappa shape index (κ2) is 27.3. The van der Waals surface area contributed by atoms with E-state index in [2.05, 4.69) is 60.9 Å². The molecule has 1 N–H and O–H groups in total. The summed E-state index contributed by atoms with van der Waals surface area (Å²) in [5.41, 5.74) is 5.45. The Morgan fingerprint density at radius 1 is 0.576 bits per heavy atom. The molecule has 4 aromatic heterocycles. The van der Waals surface area contributed by atoms with Gasteiger partial charge in [-0.1, -0.05) is 106 Å². The maximum Gasteiger partial charge on any atom is 0.252 e. The molecule has 0 aliphatic heterocycles. The summed E-state index contributed by atoms with van der Waals surface area (Å²) in [6, 6.07) is 38.9. The summed E-state index contributed by atoms with van der Waals surface area (Å²) < 4.78 is 27.4. The Morgan fingerprint density at radius 2 is 1.06 bits per heavy atom. The topological polar surface area (TPSA) is 135 Å². The third-order valence-electron chi connectivity index (χ3n) is 10.2. The first-order chi connectivity index (χ1) is 32.1. The molecule has 0 saturated carbocycles. The predicted octanol–water partition coefficient (Wildman–Crippen LogP) is 10.7. The van der Waals surface area contributed by atoms with Gasteiger partial charge in [-0.15, -0.1) is 5.10 Å². The van der Waals surface area contributed by atoms with Crippen molar-refractivity contribution >= 4 is 22.8 Å². The van der Waals surface area contributed by atoms with Crippen LogP contribution >= 0.6 is 11.6 Å². The smallest absolute Gasteiger partial charge is 0.252 e. The van der Waals surface area contributed by atoms with Crippen LogP contribution in [0.3, 0.4) is 0 Å². The molecule has 0 unspecified atom stereocenters. The van der Waals surface area contributed by atoms with Gasteiger partial charge in [-0.2, -0.15) is 9.78 Å². The van der Waals surface area contributed by atoms with E-state index in [1.54, 1.807) is 73.3 Å². The fraction of sp³-hybridized carbons (Fsp3) is 0.231. The molecule has 0 spiro atoms. The summed E-state index contributed by atoms with van der Waals surface area (Å²) in [7, 11) is 0. The van der Waals surface area contributed by atoms with Gasteiger partial charge in [-0.05, 0) is 116 Å². The summed E-state index contributed by atoms with van der Waals surface area (Å²) in [4.78, 5) is 42.8. The lowest BCUT2D eigenvalue weighted by Gasteiger charge is -2.13. The van der Waals surface area contributed by atoms with E-state index in [9.17, 15) is 18.4 Å². The number of aromatic amines is 1. The minimum Gasteiger partial charge on any atom is -0.304 e. The number of aromatic nitrogens is 8. The Bertz CT molecular complexity index is 2610. The van der Waals surface area contributed by atoms with Gasteiger partial charge in [0.2, 0.25) is 5.91 Å². The van der Waals surface area contributed by atoms with Crippen molar-refractivity contribution in [2.45, 2.75) is 59.3 Å². The lowest BCUT2D eigenvalue weighted by atomic mass is 10.1. The average Bonchev–Trinajstić information content (AvgIpc) is 4.04. The summed E-state index contributed by atoms with van der Waals surface area (Å²) in [5, 5.41) is 11.2. The molecule has 0 aliphatic carbocycles. The number of hydrogen-bond donors (Lipinski definition) is 1. The van der Waals surface area contributed by atoms with Crippen molar-refractivity contribution in [3.8, 4) is 22.8 Å². The van der Waals surface area contributed by atoms with Crippen LogP contribution in [0, 0.1) is 11.6 Å². The number of H-pyrrole nitrogens is 1. The number of halogens is 3. The Hall–Kier alpha value is -7.09. The van der Waals surface area contributed by atoms with Crippen molar-refractivity contribution in [2.75, 3.05) is 19.6 Å². The number of aryl methyl sites for hydroxylation is 5. The van der Waals surface area contributed by atoms with Crippen LogP contribution in [-0.4, -0.2) is 75.6 Å². The zero-order valence-electron chi connectivity index (χ0n) is 37.4. The van der Waals surface area contributed by atoms with Crippen molar-refractivity contribution in [1.82, 2.24) is 44.8 Å². The van der Waals surface area contributed by atoms with Crippen molar-refractivity contribution in [1.29, 1.82) is 0 Å². The first-order valence-electron chi connectivity index (χ1n) is 21.9. The highest BCUT2D eigenvalue weighted by molar-refractivity contribution is 6.67. The Balaban J connectivity index is 0.000000193. The second-order valence-electron chi connectivity index (χ2n) is 14.7. The van der Waals surface area contributed by atoms with Crippen LogP contribution < -0.4 is 0 Å². The maximum atomic E-state index is 13.2. The predicted molar refractivity (Wildman–Crippen MR) is 256 cm³/mol. The number of rotatable bonds is 15. The van der Waals surface area contributed by atoms with E-state index in [0.29, 0.717) is 48.7 Å². The third-order valence-corrected chi connectivity index (χ3v) is 10.5. The highest BCUT2D eigenvalue weighted by atomic mass is 35.5. The van der Waals surface area contributed by atoms with Gasteiger partial charge in [0.25, 0.3) is 5.24 Å². The number of carbonyl (C=O) groups is 2. The van der Waals surface area contributed by atoms with Crippen LogP contribution in [0.15, 0.2) is 158 Å². The lowest BCUT2D eigenvalue weighted by molar-refractivity contribution is 0.0882. The monoisotopic (exact) mass is 909 g/mol. The van der Waals surface area contributed by atoms with Gasteiger partial charge in [0, 0.05) is 60.7 Å². The molecule has 0 bridgehead atoms. The standard InChI is InChI=1S/C24H21FN4O.C15H13FN4.C7H5ClO.C6H15N/c25-21-10-6-19(7-11-21)8-12-22-27-24(20-14-16-26-17-15-20)28-29(22)23(30)13-9-18-4-2-1-3-5-18;16-13-4-1-11(2-5-13)3-6-14-18-15(20-19-14)12-7-9-17-10-8-12;8-7(9)6-4-2-1-3-5-6;1-4-7(5-2)6-3/h1-7,10-11,14-17H,8-9,12-13H2;1-2,4-5,7-10H,3,6H2,(H,18,19,20);1-5H;4-6H2,1-3H3. The molecule has 0 fully saturated rings. The first kappa shape index (κ1) is 49.9. The van der Waals surface area contributed by atoms with E-state index >= 15 is 0 Å². The Morgan fingerprint density at radius 3 is 1.55 bits per heavy atom. The van der Waals surface area contributed by atoms with E-state index in [1.807, 2.05) is 60.7 Å². The SMILES string of the molecule is CCN(CC)CC.Fc1ccc(CCc2nc(-c3ccncc3)n[nH]2)cc1.O=C(CCc1ccccc1)n1nc(-c2ccncc2)nc1CCc1ccc(F)cc1.O=C(Cl)c1ccccc1. The van der Waals surface area contributed by atoms with Crippen LogP contribution in [0.5, 0.6) is 0 Å². The van der Waals surface area contributed by atoms with E-state index < -0.39 is 5.24 Å². The van der Waals surface area contributed by atoms with Gasteiger partial charge in [0.1, 0.15) is 23.3 Å². The fourth-order valence-corrected chi connectivity index (χ4v) is 6.56. The molecule has 11 nitrogen and oxygen atoms in total. The molecular weight excluding hydrogens is 856 g/mol. The van der Waals surface area contributed by atoms with E-state index in [-0.39, 0.29) is 17.5 Å². The molecule has 4 heterocycles. The van der Waals surface area contributed by atoms with Gasteiger partial charge in [-0.3, -0.25) is 24.7 Å². The third kappa shape index (κ3) is 16.8. The van der Waals surface area contributed by atoms with Crippen LogP contribution in [-0.2, 0) is 32.1 Å². The van der Waals surface area contributed by atoms with Crippen LogP contribution in [0.1, 0.15) is 70.7 Å². The maximum absolute atomic E-state index is 13.2. The molecule has 14 heteroatoms. The zero-order chi connectivity index (χ0) is 46.9. The molecule has 340 valence electrons. The average molecular weight is 911 g/mol. The van der Waals surface area contributed by atoms with Crippen LogP contribution in [0.4, 0.5) is 8.78 Å². The summed E-state index contributed by atoms with van der Waals surface area (Å²) >= 11 is 5.16. The quantitative estimate of drug-likeness (QED) is 0.0997. The van der Waals surface area contributed by atoms with Gasteiger partial charge in [0.05, 0.1) is 0 Å². The minimum absolute atomic E-state index is 0.0965. The van der Waals surface area contributed by atoms with Gasteiger partial charge < -0.3 is 4.90 Å². The summed E-state index contributed by atoms with van der Waals surface area (Å²) in [6.07, 6.45) is 10.5. The van der Waals surface area contributed by atoms with E-state index in [0.717, 1.165) is 46.5 Å². The molecule has 0 amide bonds. The minimum atomic E-state index is -0.407. The van der Waals surface area contributed by atoms with E-state index in [1.165, 1.54) is 48.6 Å². The first-order valence-corrected chi connectivity index (χ1v) is 22.2. The molecule has 4 aromatic carbocycles. The molecule has 0 atom stereocenters. The molecule has 8 aromatic rings. The summed E-state index contributed by atoms with van der Waals surface area (Å²) in [5.74, 6) is 2.01. The molecule has 8 rings (SSSR count). The van der Waals surface area contributed by atoms with Gasteiger partial charge in [-0.25, -0.2) is 18.7 Å². The second-order valence-corrected chi connectivity index (χ2v) is 15.1. The van der Waals surface area contributed by atoms with Gasteiger partial charge >= 0.3 is 0 Å². The Kier molecular flexibility index (Phi) is 20.6. The fourth-order valence-electron chi connectivity index (χ4n) is 6.43. The number of benzene rings is 4. The van der Waals surface area contributed by atoms with Crippen molar-refractivity contribution in [3.05, 3.63) is 204 Å². The van der Waals surface area contributed by atoms with Crippen LogP contribution in [0.2, 0.25) is 0 Å². The van der Waals surface area contributed by atoms with Crippen molar-refractivity contribution in [2.24, 2.45) is 0 Å². The van der Waals surface area contributed by atoms with Crippen molar-refractivity contribution in [3.63, 3.8) is 0 Å². The van der Waals surface area contributed by atoms with E-state index in [4.69, 9.17) is 11.6 Å². The molecule has 0 radical (unpaired) electrons. The molecule has 0 saturated heterocycles. The number of carbonyl (C=O) groups excluding carboxylic acids is 2. The van der Waals surface area contributed by atoms with Gasteiger partial charge in [0.15, 0.2) is 11.6 Å². The lowest BCUT2D eigenvalue weighted by Crippen LogP contribution is -2.21. The molecule has 66 heavy (non-hydrogen) atoms. The number of pyridine rings is 2. The molecular formula is C52H54ClF2N9O2. The summed E-state index contributed by atoms with van der Waals surface area (Å²) in [6.45, 7) is 10.1. The highest BCUT2D eigenvalue weighted by Gasteiger charge is 2.17. The number of nitrogens with zero attached hydrogens (tertiary/aromatic N) is 8. The Labute approximate surface area is 390 Å². The number of hydrogen-bond acceptors (Lipinski definition) is 9. The molecule has 0 aliphatic rings. The number of nitrogens with one attached hydrogen (secondary N) is 1. The van der Waals surface area contributed by atoms with Crippen molar-refractivity contribution < 1.29 is 18.4 Å². The van der Waals surface area contributed by atoms with Crippen LogP contribution in [0.25, 0.3) is 22.8 Å². The largest absolute Gasteiger partial charge is 0.304 e. The normalized spacial score (nSPS) is 10.5.